The fraction of sp³-hybridized carbons (Fsp3) is 0.200. The number of carbonyl (C=O) groups is 2. The average Bonchev–Trinajstić information content (AvgIpc) is 2.68. The molecule has 0 saturated carbocycles. The van der Waals surface area contributed by atoms with Crippen LogP contribution in [0.4, 0.5) is 0 Å². The number of para-hydroxylation sites is 1. The highest BCUT2D eigenvalue weighted by atomic mass is 35.5. The van der Waals surface area contributed by atoms with Gasteiger partial charge in [0.2, 0.25) is 11.3 Å². The topological polar surface area (TPSA) is 92.4 Å². The van der Waals surface area contributed by atoms with Crippen molar-refractivity contribution >= 4 is 46.0 Å². The number of benzene rings is 2. The number of hydrogen-bond acceptors (Lipinski definition) is 6. The molecule has 0 radical (unpaired) electrons. The van der Waals surface area contributed by atoms with Gasteiger partial charge in [0, 0.05) is 13.0 Å². The van der Waals surface area contributed by atoms with Crippen LogP contribution in [0.15, 0.2) is 36.4 Å². The molecule has 3 rings (SSSR count). The summed E-state index contributed by atoms with van der Waals surface area (Å²) in [7, 11) is 0. The van der Waals surface area contributed by atoms with E-state index in [1.54, 1.807) is 31.2 Å². The summed E-state index contributed by atoms with van der Waals surface area (Å²) in [5.41, 5.74) is 0.313. The number of ether oxygens (including phenoxy) is 2. The molecular weight excluding hydrogens is 419 g/mol. The molecule has 0 spiro atoms. The minimum atomic E-state index is -0.669. The third kappa shape index (κ3) is 4.26. The number of halogens is 2. The van der Waals surface area contributed by atoms with E-state index in [1.807, 2.05) is 0 Å². The molecule has 0 aliphatic heterocycles. The van der Waals surface area contributed by atoms with Crippen molar-refractivity contribution in [3.63, 3.8) is 0 Å². The molecule has 150 valence electrons. The molecule has 1 aromatic heterocycles. The van der Waals surface area contributed by atoms with Crippen LogP contribution in [0, 0.1) is 5.21 Å². The van der Waals surface area contributed by atoms with E-state index < -0.39 is 11.8 Å². The molecule has 29 heavy (non-hydrogen) atoms. The van der Waals surface area contributed by atoms with Crippen molar-refractivity contribution in [3.05, 3.63) is 68.6 Å². The van der Waals surface area contributed by atoms with Gasteiger partial charge in [-0.25, -0.2) is 9.78 Å². The maximum absolute atomic E-state index is 12.7. The number of esters is 1. The van der Waals surface area contributed by atoms with Crippen molar-refractivity contribution in [2.75, 3.05) is 6.61 Å². The summed E-state index contributed by atoms with van der Waals surface area (Å²) in [4.78, 5) is 28.9. The standard InChI is InChI=1S/C20H16Cl2N2O5/c1-3-28-18-7-5-4-6-12(18)20(26)29-10-16-19(11(2)25)24(27)17-9-14(22)13(21)8-15(17)23-16/h4-9H,3,10H2,1-2H3. The molecule has 0 fully saturated rings. The van der Waals surface area contributed by atoms with Gasteiger partial charge in [-0.15, -0.1) is 0 Å². The van der Waals surface area contributed by atoms with E-state index in [2.05, 4.69) is 4.98 Å². The van der Waals surface area contributed by atoms with Crippen LogP contribution in [0.25, 0.3) is 11.0 Å². The molecule has 7 nitrogen and oxygen atoms in total. The molecule has 2 aromatic carbocycles. The van der Waals surface area contributed by atoms with Crippen LogP contribution in [0.3, 0.4) is 0 Å². The van der Waals surface area contributed by atoms with Crippen molar-refractivity contribution in [1.29, 1.82) is 0 Å². The van der Waals surface area contributed by atoms with Crippen molar-refractivity contribution in [3.8, 4) is 5.75 Å². The zero-order chi connectivity index (χ0) is 21.1. The molecule has 3 aromatic rings. The minimum Gasteiger partial charge on any atom is -0.618 e. The largest absolute Gasteiger partial charge is 0.618 e. The first-order chi connectivity index (χ1) is 13.8. The first kappa shape index (κ1) is 20.8. The molecule has 0 aliphatic rings. The Kier molecular flexibility index (Phi) is 6.20. The van der Waals surface area contributed by atoms with Gasteiger partial charge in [0.05, 0.1) is 16.7 Å². The number of carbonyl (C=O) groups excluding carboxylic acids is 2. The normalized spacial score (nSPS) is 10.8. The van der Waals surface area contributed by atoms with Crippen LogP contribution < -0.4 is 9.47 Å². The number of hydrogen-bond donors (Lipinski definition) is 0. The number of Topliss-reactive ketones (excluding diaryl/α,β-unsaturated/α-hetero) is 1. The van der Waals surface area contributed by atoms with Crippen molar-refractivity contribution in [2.24, 2.45) is 0 Å². The molecule has 1 heterocycles. The van der Waals surface area contributed by atoms with Gasteiger partial charge in [0.25, 0.3) is 5.69 Å². The third-order valence-corrected chi connectivity index (χ3v) is 4.77. The number of fused-ring (bicyclic) bond motifs is 1. The fourth-order valence-corrected chi connectivity index (χ4v) is 3.11. The molecule has 0 atom stereocenters. The van der Waals surface area contributed by atoms with Crippen LogP contribution in [0.2, 0.25) is 10.0 Å². The summed E-state index contributed by atoms with van der Waals surface area (Å²) < 4.78 is 11.1. The Hall–Kier alpha value is -2.90. The summed E-state index contributed by atoms with van der Waals surface area (Å²) in [5.74, 6) is -0.822. The number of aromatic nitrogens is 2. The molecule has 0 N–H and O–H groups in total. The number of nitrogens with zero attached hydrogens (tertiary/aromatic N) is 2. The summed E-state index contributed by atoms with van der Waals surface area (Å²) in [5, 5.41) is 13.1. The van der Waals surface area contributed by atoms with Gasteiger partial charge in [-0.05, 0) is 25.1 Å². The first-order valence-electron chi connectivity index (χ1n) is 8.64. The van der Waals surface area contributed by atoms with Crippen LogP contribution in [-0.4, -0.2) is 23.3 Å². The van der Waals surface area contributed by atoms with Crippen LogP contribution in [0.1, 0.15) is 40.4 Å². The van der Waals surface area contributed by atoms with E-state index in [0.29, 0.717) is 17.1 Å². The van der Waals surface area contributed by atoms with E-state index in [9.17, 15) is 14.8 Å². The highest BCUT2D eigenvalue weighted by Crippen LogP contribution is 2.26. The molecule has 9 heteroatoms. The Balaban J connectivity index is 1.97. The molecule has 0 saturated heterocycles. The van der Waals surface area contributed by atoms with Gasteiger partial charge in [-0.3, -0.25) is 4.79 Å². The quantitative estimate of drug-likeness (QED) is 0.250. The zero-order valence-electron chi connectivity index (χ0n) is 15.6. The van der Waals surface area contributed by atoms with Gasteiger partial charge in [0.1, 0.15) is 23.4 Å². The molecule has 0 bridgehead atoms. The van der Waals surface area contributed by atoms with E-state index in [0.717, 1.165) is 0 Å². The van der Waals surface area contributed by atoms with Gasteiger partial charge < -0.3 is 14.7 Å². The Morgan fingerprint density at radius 3 is 2.55 bits per heavy atom. The Morgan fingerprint density at radius 1 is 1.17 bits per heavy atom. The number of rotatable bonds is 6. The van der Waals surface area contributed by atoms with Gasteiger partial charge in [0.15, 0.2) is 5.69 Å². The van der Waals surface area contributed by atoms with Gasteiger partial charge >= 0.3 is 5.97 Å². The van der Waals surface area contributed by atoms with Gasteiger partial charge in [-0.2, -0.15) is 4.73 Å². The second-order valence-corrected chi connectivity index (χ2v) is 6.83. The van der Waals surface area contributed by atoms with Crippen LogP contribution >= 0.6 is 23.2 Å². The lowest BCUT2D eigenvalue weighted by Crippen LogP contribution is -2.37. The fourth-order valence-electron chi connectivity index (χ4n) is 2.79. The van der Waals surface area contributed by atoms with E-state index >= 15 is 0 Å². The smallest absolute Gasteiger partial charge is 0.342 e. The van der Waals surface area contributed by atoms with Crippen molar-refractivity contribution < 1.29 is 23.8 Å². The summed E-state index contributed by atoms with van der Waals surface area (Å²) in [6.07, 6.45) is 0. The zero-order valence-corrected chi connectivity index (χ0v) is 17.1. The summed E-state index contributed by atoms with van der Waals surface area (Å²) >= 11 is 12.0. The Labute approximate surface area is 176 Å². The SMILES string of the molecule is CCOc1ccccc1C(=O)OCc1nc2cc(Cl)c(Cl)cc2[n+]([O-])c1C(C)=O. The second-order valence-electron chi connectivity index (χ2n) is 6.02. The first-order valence-corrected chi connectivity index (χ1v) is 9.40. The summed E-state index contributed by atoms with van der Waals surface area (Å²) in [6, 6.07) is 9.35. The highest BCUT2D eigenvalue weighted by molar-refractivity contribution is 6.42. The summed E-state index contributed by atoms with van der Waals surface area (Å²) in [6.45, 7) is 3.02. The third-order valence-electron chi connectivity index (χ3n) is 4.05. The lowest BCUT2D eigenvalue weighted by atomic mass is 10.2. The molecule has 0 aliphatic carbocycles. The maximum atomic E-state index is 12.7. The van der Waals surface area contributed by atoms with Crippen molar-refractivity contribution in [1.82, 2.24) is 4.98 Å². The minimum absolute atomic E-state index is 0.0145. The van der Waals surface area contributed by atoms with E-state index in [-0.39, 0.29) is 44.6 Å². The predicted molar refractivity (Wildman–Crippen MR) is 107 cm³/mol. The highest BCUT2D eigenvalue weighted by Gasteiger charge is 2.25. The lowest BCUT2D eigenvalue weighted by molar-refractivity contribution is -0.580. The van der Waals surface area contributed by atoms with E-state index in [4.69, 9.17) is 32.7 Å². The van der Waals surface area contributed by atoms with Crippen LogP contribution in [-0.2, 0) is 11.3 Å². The monoisotopic (exact) mass is 434 g/mol. The molecular formula is C20H16Cl2N2O5. The van der Waals surface area contributed by atoms with Gasteiger partial charge in [-0.1, -0.05) is 35.3 Å². The van der Waals surface area contributed by atoms with Crippen LogP contribution in [0.5, 0.6) is 5.75 Å². The molecule has 0 amide bonds. The Bertz CT molecular complexity index is 1120. The second kappa shape index (κ2) is 8.63. The predicted octanol–water partition coefficient (Wildman–Crippen LogP) is 4.13. The lowest BCUT2D eigenvalue weighted by Gasteiger charge is -2.12. The average molecular weight is 435 g/mol. The van der Waals surface area contributed by atoms with E-state index in [1.165, 1.54) is 19.1 Å². The molecule has 0 unspecified atom stereocenters. The van der Waals surface area contributed by atoms with Crippen molar-refractivity contribution in [2.45, 2.75) is 20.5 Å². The maximum Gasteiger partial charge on any atom is 0.342 e. The number of ketones is 1. The Morgan fingerprint density at radius 2 is 1.86 bits per heavy atom.